The zero-order valence-corrected chi connectivity index (χ0v) is 9.94. The fourth-order valence-electron chi connectivity index (χ4n) is 1.73. The monoisotopic (exact) mass is 282 g/mol. The number of hydrogen-bond acceptors (Lipinski definition) is 1. The molecule has 1 N–H and O–H groups in total. The van der Waals surface area contributed by atoms with Crippen molar-refractivity contribution in [2.45, 2.75) is 32.1 Å². The number of carbonyl (C=O) groups is 1. The second kappa shape index (κ2) is 5.99. The number of benzene rings is 1. The van der Waals surface area contributed by atoms with Crippen LogP contribution < -0.4 is 0 Å². The lowest BCUT2D eigenvalue weighted by atomic mass is 9.92. The topological polar surface area (TPSA) is 37.3 Å². The van der Waals surface area contributed by atoms with E-state index >= 15 is 0 Å². The molecule has 0 aromatic heterocycles. The summed E-state index contributed by atoms with van der Waals surface area (Å²) in [5, 5.41) is 8.88. The Morgan fingerprint density at radius 3 is 1.79 bits per heavy atom. The summed E-state index contributed by atoms with van der Waals surface area (Å²) in [4.78, 5) is 10.9. The predicted octanol–water partition coefficient (Wildman–Crippen LogP) is 3.74. The molecule has 1 atom stereocenters. The summed E-state index contributed by atoms with van der Waals surface area (Å²) in [5.74, 6) is -14.1. The van der Waals surface area contributed by atoms with E-state index in [4.69, 9.17) is 5.11 Å². The molecule has 2 nitrogen and oxygen atoms in total. The van der Waals surface area contributed by atoms with Crippen LogP contribution in [0.5, 0.6) is 0 Å². The minimum atomic E-state index is -2.29. The van der Waals surface area contributed by atoms with Crippen molar-refractivity contribution in [3.63, 3.8) is 0 Å². The molecule has 1 aromatic rings. The molecule has 19 heavy (non-hydrogen) atoms. The van der Waals surface area contributed by atoms with Crippen molar-refractivity contribution in [3.05, 3.63) is 34.6 Å². The number of hydrogen-bond donors (Lipinski definition) is 1. The van der Waals surface area contributed by atoms with E-state index in [0.717, 1.165) is 0 Å². The van der Waals surface area contributed by atoms with E-state index in [1.165, 1.54) is 0 Å². The van der Waals surface area contributed by atoms with Crippen molar-refractivity contribution in [2.24, 2.45) is 0 Å². The van der Waals surface area contributed by atoms with Crippen molar-refractivity contribution in [2.75, 3.05) is 0 Å². The maximum Gasteiger partial charge on any atom is 0.311 e. The number of halogens is 5. The molecule has 0 saturated heterocycles. The second-order valence-electron chi connectivity index (χ2n) is 4.02. The van der Waals surface area contributed by atoms with Gasteiger partial charge in [0, 0.05) is 5.56 Å². The third kappa shape index (κ3) is 2.85. The molecule has 0 heterocycles. The minimum Gasteiger partial charge on any atom is -0.481 e. The Labute approximate surface area is 105 Å². The van der Waals surface area contributed by atoms with Crippen molar-refractivity contribution in [3.8, 4) is 0 Å². The van der Waals surface area contributed by atoms with Gasteiger partial charge in [-0.1, -0.05) is 19.8 Å². The minimum absolute atomic E-state index is 0.204. The van der Waals surface area contributed by atoms with Gasteiger partial charge in [0.1, 0.15) is 0 Å². The van der Waals surface area contributed by atoms with Gasteiger partial charge < -0.3 is 5.11 Å². The fraction of sp³-hybridized carbons (Fsp3) is 0.417. The Hall–Kier alpha value is -1.66. The van der Waals surface area contributed by atoms with Gasteiger partial charge in [-0.3, -0.25) is 4.79 Å². The molecule has 106 valence electrons. The molecule has 0 radical (unpaired) electrons. The fourth-order valence-corrected chi connectivity index (χ4v) is 1.73. The summed E-state index contributed by atoms with van der Waals surface area (Å²) in [6.07, 6.45) is 0.611. The zero-order chi connectivity index (χ0) is 14.7. The molecule has 1 aromatic carbocycles. The Balaban J connectivity index is 3.42. The highest BCUT2D eigenvalue weighted by molar-refractivity contribution is 5.76. The lowest BCUT2D eigenvalue weighted by molar-refractivity contribution is -0.139. The maximum atomic E-state index is 13.5. The van der Waals surface area contributed by atoms with Crippen LogP contribution in [-0.2, 0) is 4.79 Å². The van der Waals surface area contributed by atoms with Gasteiger partial charge in [-0.05, 0) is 6.42 Å². The summed E-state index contributed by atoms with van der Waals surface area (Å²) in [5.41, 5.74) is -1.28. The first-order valence-electron chi connectivity index (χ1n) is 5.57. The molecule has 7 heteroatoms. The van der Waals surface area contributed by atoms with Crippen LogP contribution >= 0.6 is 0 Å². The normalized spacial score (nSPS) is 12.5. The molecule has 0 aliphatic carbocycles. The molecular weight excluding hydrogens is 271 g/mol. The molecule has 0 bridgehead atoms. The number of carboxylic acid groups (broad SMARTS) is 1. The van der Waals surface area contributed by atoms with Gasteiger partial charge in [-0.15, -0.1) is 0 Å². The van der Waals surface area contributed by atoms with Crippen LogP contribution in [0.1, 0.15) is 37.7 Å². The molecule has 0 spiro atoms. The number of aliphatic carboxylic acids is 1. The molecular formula is C12H11F5O2. The lowest BCUT2D eigenvalue weighted by Crippen LogP contribution is -2.18. The highest BCUT2D eigenvalue weighted by Gasteiger charge is 2.33. The van der Waals surface area contributed by atoms with Crippen LogP contribution in [0, 0.1) is 29.1 Å². The van der Waals surface area contributed by atoms with E-state index in [1.807, 2.05) is 0 Å². The molecule has 0 aliphatic heterocycles. The molecule has 1 unspecified atom stereocenters. The van der Waals surface area contributed by atoms with E-state index in [0.29, 0.717) is 6.42 Å². The third-order valence-electron chi connectivity index (χ3n) is 2.74. The summed E-state index contributed by atoms with van der Waals surface area (Å²) in [7, 11) is 0. The van der Waals surface area contributed by atoms with E-state index in [2.05, 4.69) is 0 Å². The second-order valence-corrected chi connectivity index (χ2v) is 4.02. The quantitative estimate of drug-likeness (QED) is 0.507. The third-order valence-corrected chi connectivity index (χ3v) is 2.74. The first-order chi connectivity index (χ1) is 8.82. The molecule has 0 amide bonds. The van der Waals surface area contributed by atoms with Crippen LogP contribution in [0.4, 0.5) is 22.0 Å². The number of rotatable bonds is 5. The highest BCUT2D eigenvalue weighted by atomic mass is 19.2. The van der Waals surface area contributed by atoms with E-state index in [-0.39, 0.29) is 12.8 Å². The Kier molecular flexibility index (Phi) is 4.85. The Morgan fingerprint density at radius 2 is 1.42 bits per heavy atom. The van der Waals surface area contributed by atoms with Crippen molar-refractivity contribution in [1.29, 1.82) is 0 Å². The predicted molar refractivity (Wildman–Crippen MR) is 56.1 cm³/mol. The Morgan fingerprint density at radius 1 is 1.00 bits per heavy atom. The average Bonchev–Trinajstić information content (AvgIpc) is 2.37. The molecule has 1 rings (SSSR count). The SMILES string of the molecule is CCCCC(C(=O)O)c1c(F)c(F)c(F)c(F)c1F. The zero-order valence-electron chi connectivity index (χ0n) is 9.94. The van der Waals surface area contributed by atoms with Gasteiger partial charge in [0.15, 0.2) is 23.3 Å². The summed E-state index contributed by atoms with van der Waals surface area (Å²) in [6, 6.07) is 0. The van der Waals surface area contributed by atoms with Crippen LogP contribution in [0.25, 0.3) is 0 Å². The average molecular weight is 282 g/mol. The van der Waals surface area contributed by atoms with Crippen molar-refractivity contribution >= 4 is 5.97 Å². The summed E-state index contributed by atoms with van der Waals surface area (Å²) in [6.45, 7) is 1.71. The number of unbranched alkanes of at least 4 members (excludes halogenated alkanes) is 1. The van der Waals surface area contributed by atoms with E-state index in [9.17, 15) is 26.7 Å². The summed E-state index contributed by atoms with van der Waals surface area (Å²) < 4.78 is 65.7. The largest absolute Gasteiger partial charge is 0.481 e. The van der Waals surface area contributed by atoms with Gasteiger partial charge in [-0.25, -0.2) is 22.0 Å². The number of carboxylic acids is 1. The van der Waals surface area contributed by atoms with E-state index in [1.54, 1.807) is 6.92 Å². The molecule has 0 saturated carbocycles. The van der Waals surface area contributed by atoms with Crippen molar-refractivity contribution in [1.82, 2.24) is 0 Å². The highest BCUT2D eigenvalue weighted by Crippen LogP contribution is 2.31. The van der Waals surface area contributed by atoms with E-state index < -0.39 is 46.5 Å². The lowest BCUT2D eigenvalue weighted by Gasteiger charge is -2.15. The van der Waals surface area contributed by atoms with Gasteiger partial charge in [0.25, 0.3) is 0 Å². The summed E-state index contributed by atoms with van der Waals surface area (Å²) >= 11 is 0. The van der Waals surface area contributed by atoms with Crippen LogP contribution in [-0.4, -0.2) is 11.1 Å². The van der Waals surface area contributed by atoms with Gasteiger partial charge in [-0.2, -0.15) is 0 Å². The smallest absolute Gasteiger partial charge is 0.311 e. The Bertz CT molecular complexity index is 472. The first kappa shape index (κ1) is 15.4. The van der Waals surface area contributed by atoms with Crippen LogP contribution in [0.3, 0.4) is 0 Å². The van der Waals surface area contributed by atoms with Gasteiger partial charge >= 0.3 is 5.97 Å². The first-order valence-corrected chi connectivity index (χ1v) is 5.57. The maximum absolute atomic E-state index is 13.5. The van der Waals surface area contributed by atoms with Gasteiger partial charge in [0.2, 0.25) is 5.82 Å². The van der Waals surface area contributed by atoms with Crippen LogP contribution in [0.2, 0.25) is 0 Å². The molecule has 0 aliphatic rings. The van der Waals surface area contributed by atoms with Crippen LogP contribution in [0.15, 0.2) is 0 Å². The standard InChI is InChI=1S/C12H11F5O2/c1-2-3-4-5(12(18)19)6-7(13)9(15)11(17)10(16)8(6)14/h5H,2-4H2,1H3,(H,18,19). The molecule has 0 fully saturated rings. The van der Waals surface area contributed by atoms with Crippen molar-refractivity contribution < 1.29 is 31.9 Å². The van der Waals surface area contributed by atoms with Gasteiger partial charge in [0.05, 0.1) is 5.92 Å².